The number of nitrogens with zero attached hydrogens (tertiary/aromatic N) is 3. The lowest BCUT2D eigenvalue weighted by atomic mass is 9.96. The SMILES string of the molecule is C/C=C(\O/C(C)=C/CC)c1ccc2cnc(NC(=O)C3CCN(C)CC3)nc2c1. The Kier molecular flexibility index (Phi) is 6.99. The molecule has 3 rings (SSSR count). The Morgan fingerprint density at radius 2 is 2.10 bits per heavy atom. The van der Waals surface area contributed by atoms with Gasteiger partial charge in [-0.25, -0.2) is 9.97 Å². The summed E-state index contributed by atoms with van der Waals surface area (Å²) >= 11 is 0. The molecule has 6 heteroatoms. The average Bonchev–Trinajstić information content (AvgIpc) is 2.72. The number of benzene rings is 1. The second-order valence-corrected chi connectivity index (χ2v) is 7.51. The number of allylic oxidation sites excluding steroid dienone is 3. The van der Waals surface area contributed by atoms with Crippen LogP contribution < -0.4 is 5.32 Å². The van der Waals surface area contributed by atoms with Crippen LogP contribution in [0.2, 0.25) is 0 Å². The zero-order valence-corrected chi connectivity index (χ0v) is 17.7. The normalized spacial score (nSPS) is 16.8. The Bertz CT molecular complexity index is 928. The summed E-state index contributed by atoms with van der Waals surface area (Å²) in [4.78, 5) is 23.7. The van der Waals surface area contributed by atoms with Crippen molar-refractivity contribution in [2.75, 3.05) is 25.5 Å². The van der Waals surface area contributed by atoms with Gasteiger partial charge in [-0.2, -0.15) is 0 Å². The van der Waals surface area contributed by atoms with Crippen LogP contribution in [0, 0.1) is 5.92 Å². The van der Waals surface area contributed by atoms with Crippen LogP contribution in [-0.2, 0) is 9.53 Å². The molecular weight excluding hydrogens is 364 g/mol. The Hall–Kier alpha value is -2.73. The number of likely N-dealkylation sites (tertiary alicyclic amines) is 1. The third kappa shape index (κ3) is 5.41. The van der Waals surface area contributed by atoms with Crippen molar-refractivity contribution in [1.82, 2.24) is 14.9 Å². The maximum absolute atomic E-state index is 12.6. The maximum Gasteiger partial charge on any atom is 0.229 e. The lowest BCUT2D eigenvalue weighted by molar-refractivity contribution is -0.121. The van der Waals surface area contributed by atoms with E-state index in [9.17, 15) is 4.79 Å². The number of fused-ring (bicyclic) bond motifs is 1. The minimum atomic E-state index is 0.00593. The van der Waals surface area contributed by atoms with Crippen LogP contribution in [0.3, 0.4) is 0 Å². The van der Waals surface area contributed by atoms with E-state index in [-0.39, 0.29) is 11.8 Å². The Balaban J connectivity index is 1.78. The molecule has 1 aromatic carbocycles. The Morgan fingerprint density at radius 3 is 2.79 bits per heavy atom. The zero-order chi connectivity index (χ0) is 20.8. The number of carbonyl (C=O) groups is 1. The summed E-state index contributed by atoms with van der Waals surface area (Å²) in [5.74, 6) is 2.03. The highest BCUT2D eigenvalue weighted by Gasteiger charge is 2.24. The van der Waals surface area contributed by atoms with Gasteiger partial charge in [0.05, 0.1) is 11.3 Å². The van der Waals surface area contributed by atoms with E-state index in [1.54, 1.807) is 6.20 Å². The van der Waals surface area contributed by atoms with Gasteiger partial charge in [0.1, 0.15) is 5.76 Å². The Labute approximate surface area is 172 Å². The van der Waals surface area contributed by atoms with Crippen molar-refractivity contribution in [2.45, 2.75) is 40.0 Å². The number of rotatable bonds is 6. The summed E-state index contributed by atoms with van der Waals surface area (Å²) in [6, 6.07) is 5.94. The molecule has 2 aromatic rings. The number of aromatic nitrogens is 2. The van der Waals surface area contributed by atoms with Gasteiger partial charge in [-0.05, 0) is 71.5 Å². The molecule has 0 atom stereocenters. The molecule has 0 aliphatic carbocycles. The number of hydrogen-bond donors (Lipinski definition) is 1. The molecule has 0 unspecified atom stereocenters. The molecule has 6 nitrogen and oxygen atoms in total. The van der Waals surface area contributed by atoms with Crippen molar-refractivity contribution in [3.8, 4) is 0 Å². The van der Waals surface area contributed by atoms with Crippen LogP contribution in [0.5, 0.6) is 0 Å². The highest BCUT2D eigenvalue weighted by atomic mass is 16.5. The molecule has 1 N–H and O–H groups in total. The number of hydrogen-bond acceptors (Lipinski definition) is 5. The van der Waals surface area contributed by atoms with Crippen LogP contribution in [0.15, 0.2) is 42.3 Å². The minimum Gasteiger partial charge on any atom is -0.462 e. The predicted molar refractivity (Wildman–Crippen MR) is 117 cm³/mol. The molecule has 0 spiro atoms. The van der Waals surface area contributed by atoms with E-state index in [1.165, 1.54) is 0 Å². The summed E-state index contributed by atoms with van der Waals surface area (Å²) in [5.41, 5.74) is 1.71. The number of nitrogens with one attached hydrogen (secondary N) is 1. The fourth-order valence-electron chi connectivity index (χ4n) is 3.51. The van der Waals surface area contributed by atoms with Crippen molar-refractivity contribution in [3.63, 3.8) is 0 Å². The van der Waals surface area contributed by atoms with E-state index >= 15 is 0 Å². The van der Waals surface area contributed by atoms with E-state index in [4.69, 9.17) is 4.74 Å². The van der Waals surface area contributed by atoms with Gasteiger partial charge in [0.15, 0.2) is 0 Å². The summed E-state index contributed by atoms with van der Waals surface area (Å²) in [6.07, 6.45) is 8.39. The molecule has 0 radical (unpaired) electrons. The lowest BCUT2D eigenvalue weighted by Gasteiger charge is -2.27. The average molecular weight is 395 g/mol. The third-order valence-corrected chi connectivity index (χ3v) is 5.22. The molecule has 1 aromatic heterocycles. The quantitative estimate of drug-likeness (QED) is 0.725. The van der Waals surface area contributed by atoms with Crippen LogP contribution in [0.1, 0.15) is 45.6 Å². The van der Waals surface area contributed by atoms with E-state index in [0.717, 1.165) is 60.3 Å². The fourth-order valence-corrected chi connectivity index (χ4v) is 3.51. The predicted octanol–water partition coefficient (Wildman–Crippen LogP) is 4.60. The highest BCUT2D eigenvalue weighted by molar-refractivity contribution is 5.92. The van der Waals surface area contributed by atoms with Crippen molar-refractivity contribution < 1.29 is 9.53 Å². The number of amides is 1. The zero-order valence-electron chi connectivity index (χ0n) is 17.7. The van der Waals surface area contributed by atoms with Crippen molar-refractivity contribution >= 4 is 28.5 Å². The van der Waals surface area contributed by atoms with Gasteiger partial charge in [-0.3, -0.25) is 10.1 Å². The molecule has 1 fully saturated rings. The van der Waals surface area contributed by atoms with Gasteiger partial charge in [0, 0.05) is 23.1 Å². The standard InChI is InChI=1S/C23H30N4O2/c1-5-7-16(3)29-21(6-2)18-8-9-19-15-24-23(25-20(19)14-18)26-22(28)17-10-12-27(4)13-11-17/h6-9,14-15,17H,5,10-13H2,1-4H3,(H,24,25,26,28)/b16-7+,21-6-. The second-order valence-electron chi connectivity index (χ2n) is 7.51. The molecule has 1 saturated heterocycles. The molecule has 2 heterocycles. The number of piperidine rings is 1. The summed E-state index contributed by atoms with van der Waals surface area (Å²) in [5, 5.41) is 3.81. The fraction of sp³-hybridized carbons (Fsp3) is 0.435. The van der Waals surface area contributed by atoms with Crippen molar-refractivity contribution in [2.24, 2.45) is 5.92 Å². The van der Waals surface area contributed by atoms with Crippen LogP contribution >= 0.6 is 0 Å². The number of carbonyl (C=O) groups excluding carboxylic acids is 1. The highest BCUT2D eigenvalue weighted by Crippen LogP contribution is 2.24. The first-order valence-corrected chi connectivity index (χ1v) is 10.3. The molecule has 0 bridgehead atoms. The van der Waals surface area contributed by atoms with E-state index in [1.807, 2.05) is 44.2 Å². The third-order valence-electron chi connectivity index (χ3n) is 5.22. The summed E-state index contributed by atoms with van der Waals surface area (Å²) in [6.45, 7) is 7.87. The number of ether oxygens (including phenoxy) is 1. The van der Waals surface area contributed by atoms with Gasteiger partial charge in [0.2, 0.25) is 11.9 Å². The molecule has 1 aliphatic heterocycles. The molecule has 1 amide bonds. The Morgan fingerprint density at radius 1 is 1.34 bits per heavy atom. The van der Waals surface area contributed by atoms with Gasteiger partial charge in [-0.1, -0.05) is 19.1 Å². The van der Waals surface area contributed by atoms with Crippen LogP contribution in [0.4, 0.5) is 5.95 Å². The van der Waals surface area contributed by atoms with Crippen LogP contribution in [0.25, 0.3) is 16.7 Å². The second kappa shape index (κ2) is 9.65. The first-order valence-electron chi connectivity index (χ1n) is 10.3. The van der Waals surface area contributed by atoms with Gasteiger partial charge < -0.3 is 9.64 Å². The summed E-state index contributed by atoms with van der Waals surface area (Å²) in [7, 11) is 2.08. The van der Waals surface area contributed by atoms with Crippen LogP contribution in [-0.4, -0.2) is 40.9 Å². The maximum atomic E-state index is 12.6. The smallest absolute Gasteiger partial charge is 0.229 e. The van der Waals surface area contributed by atoms with Gasteiger partial charge >= 0.3 is 0 Å². The van der Waals surface area contributed by atoms with Crippen molar-refractivity contribution in [1.29, 1.82) is 0 Å². The van der Waals surface area contributed by atoms with Gasteiger partial charge in [-0.15, -0.1) is 0 Å². The molecular formula is C23H30N4O2. The first-order chi connectivity index (χ1) is 14.0. The lowest BCUT2D eigenvalue weighted by Crippen LogP contribution is -2.36. The van der Waals surface area contributed by atoms with Gasteiger partial charge in [0.25, 0.3) is 0 Å². The largest absolute Gasteiger partial charge is 0.462 e. The number of anilines is 1. The van der Waals surface area contributed by atoms with E-state index in [0.29, 0.717) is 5.95 Å². The topological polar surface area (TPSA) is 67.3 Å². The van der Waals surface area contributed by atoms with E-state index < -0.39 is 0 Å². The molecule has 0 saturated carbocycles. The first kappa shape index (κ1) is 21.0. The monoisotopic (exact) mass is 394 g/mol. The molecule has 1 aliphatic rings. The molecule has 154 valence electrons. The molecule has 29 heavy (non-hydrogen) atoms. The minimum absolute atomic E-state index is 0.00593. The van der Waals surface area contributed by atoms with Crippen molar-refractivity contribution in [3.05, 3.63) is 47.9 Å². The van der Waals surface area contributed by atoms with E-state index in [2.05, 4.69) is 34.2 Å². The summed E-state index contributed by atoms with van der Waals surface area (Å²) < 4.78 is 5.96.